The molecule has 0 saturated heterocycles. The number of aryl methyl sites for hydroxylation is 1. The number of benzene rings is 1. The van der Waals surface area contributed by atoms with E-state index < -0.39 is 0 Å². The molecule has 0 aliphatic rings. The first kappa shape index (κ1) is 13.6. The molecular formula is C15H18ClNS. The van der Waals surface area contributed by atoms with E-state index in [1.807, 2.05) is 29.5 Å². The van der Waals surface area contributed by atoms with Crippen LogP contribution in [0.15, 0.2) is 35.7 Å². The molecular weight excluding hydrogens is 262 g/mol. The standard InChI is InChI=1S/C15H18ClNS/c1-10-7-8-18-15(10)12(3)17-11(2)13-5-4-6-14(16)9-13/h4-9,11-12,17H,1-3H3/t11-,12?/m1/s1. The Morgan fingerprint density at radius 2 is 1.94 bits per heavy atom. The van der Waals surface area contributed by atoms with Gasteiger partial charge in [0, 0.05) is 22.0 Å². The van der Waals surface area contributed by atoms with Gasteiger partial charge >= 0.3 is 0 Å². The van der Waals surface area contributed by atoms with Gasteiger partial charge in [-0.3, -0.25) is 0 Å². The second-order valence-corrected chi connectivity index (χ2v) is 6.02. The molecule has 0 spiro atoms. The van der Waals surface area contributed by atoms with Gasteiger partial charge in [0.2, 0.25) is 0 Å². The van der Waals surface area contributed by atoms with Gasteiger partial charge in [-0.15, -0.1) is 11.3 Å². The highest BCUT2D eigenvalue weighted by atomic mass is 35.5. The van der Waals surface area contributed by atoms with Crippen molar-refractivity contribution < 1.29 is 0 Å². The zero-order chi connectivity index (χ0) is 13.1. The molecule has 2 rings (SSSR count). The molecule has 0 bridgehead atoms. The molecule has 18 heavy (non-hydrogen) atoms. The minimum Gasteiger partial charge on any atom is -0.303 e. The minimum absolute atomic E-state index is 0.292. The summed E-state index contributed by atoms with van der Waals surface area (Å²) in [6.07, 6.45) is 0. The Morgan fingerprint density at radius 3 is 2.56 bits per heavy atom. The predicted octanol–water partition coefficient (Wildman–Crippen LogP) is 5.12. The van der Waals surface area contributed by atoms with Crippen molar-refractivity contribution >= 4 is 22.9 Å². The quantitative estimate of drug-likeness (QED) is 0.819. The molecule has 0 saturated carbocycles. The average molecular weight is 280 g/mol. The molecule has 1 aromatic heterocycles. The van der Waals surface area contributed by atoms with Crippen molar-refractivity contribution in [2.45, 2.75) is 32.9 Å². The summed E-state index contributed by atoms with van der Waals surface area (Å²) in [6.45, 7) is 6.54. The van der Waals surface area contributed by atoms with Crippen molar-refractivity contribution in [1.29, 1.82) is 0 Å². The van der Waals surface area contributed by atoms with Crippen LogP contribution in [-0.4, -0.2) is 0 Å². The van der Waals surface area contributed by atoms with E-state index in [9.17, 15) is 0 Å². The van der Waals surface area contributed by atoms with Gasteiger partial charge in [0.05, 0.1) is 0 Å². The Hall–Kier alpha value is -0.830. The highest BCUT2D eigenvalue weighted by Crippen LogP contribution is 2.26. The summed E-state index contributed by atoms with van der Waals surface area (Å²) in [5, 5.41) is 6.56. The highest BCUT2D eigenvalue weighted by molar-refractivity contribution is 7.10. The topological polar surface area (TPSA) is 12.0 Å². The fourth-order valence-electron chi connectivity index (χ4n) is 2.15. The van der Waals surface area contributed by atoms with Crippen LogP contribution in [0.1, 0.15) is 41.9 Å². The van der Waals surface area contributed by atoms with Crippen molar-refractivity contribution in [1.82, 2.24) is 5.32 Å². The van der Waals surface area contributed by atoms with E-state index in [4.69, 9.17) is 11.6 Å². The van der Waals surface area contributed by atoms with Crippen LogP contribution in [0, 0.1) is 6.92 Å². The van der Waals surface area contributed by atoms with Crippen LogP contribution < -0.4 is 5.32 Å². The molecule has 1 heterocycles. The van der Waals surface area contributed by atoms with Gasteiger partial charge in [-0.1, -0.05) is 23.7 Å². The van der Waals surface area contributed by atoms with E-state index in [-0.39, 0.29) is 0 Å². The van der Waals surface area contributed by atoms with E-state index in [1.54, 1.807) is 0 Å². The van der Waals surface area contributed by atoms with Crippen molar-refractivity contribution in [3.63, 3.8) is 0 Å². The van der Waals surface area contributed by atoms with Gasteiger partial charge in [0.1, 0.15) is 0 Å². The maximum Gasteiger partial charge on any atom is 0.0409 e. The lowest BCUT2D eigenvalue weighted by molar-refractivity contribution is 0.499. The molecule has 3 heteroatoms. The summed E-state index contributed by atoms with van der Waals surface area (Å²) < 4.78 is 0. The maximum atomic E-state index is 6.02. The number of thiophene rings is 1. The van der Waals surface area contributed by atoms with E-state index in [0.717, 1.165) is 5.02 Å². The molecule has 0 aliphatic carbocycles. The number of rotatable bonds is 4. The van der Waals surface area contributed by atoms with Crippen LogP contribution in [0.2, 0.25) is 5.02 Å². The second kappa shape index (κ2) is 5.87. The van der Waals surface area contributed by atoms with Crippen LogP contribution in [0.5, 0.6) is 0 Å². The minimum atomic E-state index is 0.292. The van der Waals surface area contributed by atoms with Gasteiger partial charge in [-0.05, 0) is 55.5 Å². The third-order valence-electron chi connectivity index (χ3n) is 3.14. The molecule has 0 amide bonds. The number of halogens is 1. The van der Waals surface area contributed by atoms with Crippen molar-refractivity contribution in [2.75, 3.05) is 0 Å². The molecule has 0 aliphatic heterocycles. The monoisotopic (exact) mass is 279 g/mol. The summed E-state index contributed by atoms with van der Waals surface area (Å²) in [4.78, 5) is 1.41. The van der Waals surface area contributed by atoms with E-state index >= 15 is 0 Å². The summed E-state index contributed by atoms with van der Waals surface area (Å²) in [5.74, 6) is 0. The lowest BCUT2D eigenvalue weighted by atomic mass is 10.1. The third kappa shape index (κ3) is 3.14. The molecule has 1 unspecified atom stereocenters. The molecule has 1 nitrogen and oxygen atoms in total. The highest BCUT2D eigenvalue weighted by Gasteiger charge is 2.13. The summed E-state index contributed by atoms with van der Waals surface area (Å²) in [6, 6.07) is 10.9. The van der Waals surface area contributed by atoms with E-state index in [1.165, 1.54) is 16.0 Å². The average Bonchev–Trinajstić information content (AvgIpc) is 2.75. The number of hydrogen-bond acceptors (Lipinski definition) is 2. The number of hydrogen-bond donors (Lipinski definition) is 1. The predicted molar refractivity (Wildman–Crippen MR) is 80.5 cm³/mol. The van der Waals surface area contributed by atoms with Crippen LogP contribution in [0.3, 0.4) is 0 Å². The first-order chi connectivity index (χ1) is 8.58. The molecule has 1 N–H and O–H groups in total. The first-order valence-corrected chi connectivity index (χ1v) is 7.39. The molecule has 96 valence electrons. The van der Waals surface area contributed by atoms with Crippen molar-refractivity contribution in [3.05, 3.63) is 56.7 Å². The second-order valence-electron chi connectivity index (χ2n) is 4.63. The normalized spacial score (nSPS) is 14.4. The smallest absolute Gasteiger partial charge is 0.0409 e. The van der Waals surface area contributed by atoms with E-state index in [2.05, 4.69) is 43.6 Å². The Balaban J connectivity index is 2.08. The largest absolute Gasteiger partial charge is 0.303 e. The Bertz CT molecular complexity index is 521. The van der Waals surface area contributed by atoms with Crippen molar-refractivity contribution in [2.24, 2.45) is 0 Å². The fraction of sp³-hybridized carbons (Fsp3) is 0.333. The van der Waals surface area contributed by atoms with Crippen LogP contribution >= 0.6 is 22.9 Å². The van der Waals surface area contributed by atoms with Crippen molar-refractivity contribution in [3.8, 4) is 0 Å². The van der Waals surface area contributed by atoms with E-state index in [0.29, 0.717) is 12.1 Å². The third-order valence-corrected chi connectivity index (χ3v) is 4.58. The van der Waals surface area contributed by atoms with Gasteiger partial charge in [0.25, 0.3) is 0 Å². The molecule has 1 aromatic carbocycles. The molecule has 0 fully saturated rings. The molecule has 2 aromatic rings. The Kier molecular flexibility index (Phi) is 4.44. The molecule has 2 atom stereocenters. The van der Waals surface area contributed by atoms with Crippen LogP contribution in [-0.2, 0) is 0 Å². The lowest BCUT2D eigenvalue weighted by Gasteiger charge is -2.20. The Labute approximate surface area is 118 Å². The van der Waals surface area contributed by atoms with Crippen LogP contribution in [0.25, 0.3) is 0 Å². The van der Waals surface area contributed by atoms with Crippen LogP contribution in [0.4, 0.5) is 0 Å². The SMILES string of the molecule is Cc1ccsc1C(C)N[C@H](C)c1cccc(Cl)c1. The zero-order valence-electron chi connectivity index (χ0n) is 10.9. The summed E-state index contributed by atoms with van der Waals surface area (Å²) in [5.41, 5.74) is 2.59. The maximum absolute atomic E-state index is 6.02. The first-order valence-electron chi connectivity index (χ1n) is 6.13. The lowest BCUT2D eigenvalue weighted by Crippen LogP contribution is -2.22. The number of nitrogens with one attached hydrogen (secondary N) is 1. The van der Waals surface area contributed by atoms with Gasteiger partial charge in [0.15, 0.2) is 0 Å². The fourth-order valence-corrected chi connectivity index (χ4v) is 3.29. The zero-order valence-corrected chi connectivity index (χ0v) is 12.5. The summed E-state index contributed by atoms with van der Waals surface area (Å²) >= 11 is 7.83. The van der Waals surface area contributed by atoms with Gasteiger partial charge in [-0.2, -0.15) is 0 Å². The van der Waals surface area contributed by atoms with Gasteiger partial charge < -0.3 is 5.32 Å². The van der Waals surface area contributed by atoms with Gasteiger partial charge in [-0.25, -0.2) is 0 Å². The Morgan fingerprint density at radius 1 is 1.17 bits per heavy atom. The summed E-state index contributed by atoms with van der Waals surface area (Å²) in [7, 11) is 0. The molecule has 0 radical (unpaired) electrons.